The van der Waals surface area contributed by atoms with E-state index in [9.17, 15) is 0 Å². The zero-order valence-corrected chi connectivity index (χ0v) is 16.9. The molecule has 0 aliphatic rings. The van der Waals surface area contributed by atoms with Crippen LogP contribution in [0.4, 0.5) is 0 Å². The lowest BCUT2D eigenvalue weighted by atomic mass is 10.2. The van der Waals surface area contributed by atoms with Crippen LogP contribution >= 0.6 is 66.1 Å². The number of aryl methyl sites for hydroxylation is 1. The SMILES string of the molecule is ClCCc1nc2cc(I)ccc2n1-c1ccc(Br)cc1Br. The fourth-order valence-electron chi connectivity index (χ4n) is 2.29. The molecular weight excluding hydrogens is 530 g/mol. The van der Waals surface area contributed by atoms with E-state index in [2.05, 4.69) is 83.3 Å². The Bertz CT molecular complexity index is 817. The summed E-state index contributed by atoms with van der Waals surface area (Å²) in [6, 6.07) is 12.4. The quantitative estimate of drug-likeness (QED) is 0.297. The van der Waals surface area contributed by atoms with Crippen LogP contribution in [0.2, 0.25) is 0 Å². The van der Waals surface area contributed by atoms with E-state index in [-0.39, 0.29) is 0 Å². The minimum Gasteiger partial charge on any atom is -0.295 e. The van der Waals surface area contributed by atoms with Gasteiger partial charge in [-0.15, -0.1) is 11.6 Å². The van der Waals surface area contributed by atoms with Crippen molar-refractivity contribution in [2.45, 2.75) is 6.42 Å². The molecule has 0 amide bonds. The summed E-state index contributed by atoms with van der Waals surface area (Å²) < 4.78 is 5.41. The summed E-state index contributed by atoms with van der Waals surface area (Å²) in [4.78, 5) is 4.74. The van der Waals surface area contributed by atoms with E-state index in [4.69, 9.17) is 16.6 Å². The van der Waals surface area contributed by atoms with Crippen molar-refractivity contribution < 1.29 is 0 Å². The fourth-order valence-corrected chi connectivity index (χ4v) is 4.16. The first kappa shape index (κ1) is 15.8. The van der Waals surface area contributed by atoms with Gasteiger partial charge in [-0.2, -0.15) is 0 Å². The van der Waals surface area contributed by atoms with E-state index in [1.165, 1.54) is 3.57 Å². The van der Waals surface area contributed by atoms with Crippen molar-refractivity contribution in [3.63, 3.8) is 0 Å². The molecule has 21 heavy (non-hydrogen) atoms. The number of rotatable bonds is 3. The third-order valence-electron chi connectivity index (χ3n) is 3.15. The molecule has 0 saturated carbocycles. The molecule has 1 aromatic heterocycles. The van der Waals surface area contributed by atoms with Gasteiger partial charge < -0.3 is 0 Å². The number of imidazole rings is 1. The number of aromatic nitrogens is 2. The van der Waals surface area contributed by atoms with Gasteiger partial charge in [0.15, 0.2) is 0 Å². The minimum absolute atomic E-state index is 0.550. The van der Waals surface area contributed by atoms with Gasteiger partial charge in [0.2, 0.25) is 0 Å². The Morgan fingerprint density at radius 1 is 1.14 bits per heavy atom. The molecule has 0 spiro atoms. The number of hydrogen-bond donors (Lipinski definition) is 0. The van der Waals surface area contributed by atoms with Crippen molar-refractivity contribution in [1.29, 1.82) is 0 Å². The van der Waals surface area contributed by atoms with Crippen LogP contribution in [0.25, 0.3) is 16.7 Å². The van der Waals surface area contributed by atoms with Crippen molar-refractivity contribution in [3.05, 3.63) is 54.7 Å². The number of halogens is 4. The van der Waals surface area contributed by atoms with Crippen LogP contribution in [0.3, 0.4) is 0 Å². The first-order valence-corrected chi connectivity index (χ1v) is 9.48. The molecule has 0 atom stereocenters. The topological polar surface area (TPSA) is 17.8 Å². The van der Waals surface area contributed by atoms with Gasteiger partial charge in [0.05, 0.1) is 16.7 Å². The van der Waals surface area contributed by atoms with Gasteiger partial charge in [-0.3, -0.25) is 4.57 Å². The summed E-state index contributed by atoms with van der Waals surface area (Å²) in [7, 11) is 0. The molecule has 0 saturated heterocycles. The average molecular weight is 540 g/mol. The highest BCUT2D eigenvalue weighted by atomic mass is 127. The molecule has 2 aromatic carbocycles. The lowest BCUT2D eigenvalue weighted by Gasteiger charge is -2.11. The van der Waals surface area contributed by atoms with E-state index >= 15 is 0 Å². The van der Waals surface area contributed by atoms with E-state index in [1.807, 2.05) is 12.1 Å². The molecule has 0 fully saturated rings. The largest absolute Gasteiger partial charge is 0.295 e. The van der Waals surface area contributed by atoms with Crippen molar-refractivity contribution in [3.8, 4) is 5.69 Å². The first-order valence-electron chi connectivity index (χ1n) is 6.28. The third kappa shape index (κ3) is 3.16. The van der Waals surface area contributed by atoms with Gasteiger partial charge in [-0.25, -0.2) is 4.98 Å². The number of fused-ring (bicyclic) bond motifs is 1. The van der Waals surface area contributed by atoms with Crippen LogP contribution < -0.4 is 0 Å². The van der Waals surface area contributed by atoms with Gasteiger partial charge in [-0.1, -0.05) is 15.9 Å². The zero-order chi connectivity index (χ0) is 15.0. The molecule has 1 heterocycles. The molecule has 0 N–H and O–H groups in total. The maximum atomic E-state index is 5.95. The second-order valence-electron chi connectivity index (χ2n) is 4.53. The molecule has 2 nitrogen and oxygen atoms in total. The lowest BCUT2D eigenvalue weighted by molar-refractivity contribution is 0.909. The van der Waals surface area contributed by atoms with E-state index in [0.29, 0.717) is 5.88 Å². The minimum atomic E-state index is 0.550. The second kappa shape index (κ2) is 6.56. The van der Waals surface area contributed by atoms with Crippen LogP contribution in [-0.2, 0) is 6.42 Å². The molecule has 0 aliphatic heterocycles. The van der Waals surface area contributed by atoms with Crippen LogP contribution in [-0.4, -0.2) is 15.4 Å². The van der Waals surface area contributed by atoms with Gasteiger partial charge in [0, 0.05) is 24.8 Å². The van der Waals surface area contributed by atoms with Gasteiger partial charge in [-0.05, 0) is 74.9 Å². The Morgan fingerprint density at radius 3 is 2.67 bits per heavy atom. The Kier molecular flexibility index (Phi) is 4.93. The highest BCUT2D eigenvalue weighted by Crippen LogP contribution is 2.30. The molecule has 0 unspecified atom stereocenters. The lowest BCUT2D eigenvalue weighted by Crippen LogP contribution is -2.03. The molecular formula is C15H10Br2ClIN2. The molecule has 3 rings (SSSR count). The summed E-state index contributed by atoms with van der Waals surface area (Å²) in [5, 5.41) is 0. The number of alkyl halides is 1. The Labute approximate surface area is 158 Å². The monoisotopic (exact) mass is 538 g/mol. The molecule has 0 radical (unpaired) electrons. The maximum absolute atomic E-state index is 5.95. The zero-order valence-electron chi connectivity index (χ0n) is 10.8. The van der Waals surface area contributed by atoms with Gasteiger partial charge in [0.1, 0.15) is 5.82 Å². The molecule has 108 valence electrons. The van der Waals surface area contributed by atoms with Crippen LogP contribution in [0, 0.1) is 3.57 Å². The summed E-state index contributed by atoms with van der Waals surface area (Å²) in [5.74, 6) is 1.53. The number of hydrogen-bond acceptors (Lipinski definition) is 1. The Morgan fingerprint density at radius 2 is 1.95 bits per heavy atom. The average Bonchev–Trinajstić information content (AvgIpc) is 2.76. The van der Waals surface area contributed by atoms with Crippen molar-refractivity contribution >= 4 is 77.1 Å². The van der Waals surface area contributed by atoms with Crippen molar-refractivity contribution in [2.75, 3.05) is 5.88 Å². The second-order valence-corrected chi connectivity index (χ2v) is 7.92. The Hall–Kier alpha value is -0.110. The fraction of sp³-hybridized carbons (Fsp3) is 0.133. The van der Waals surface area contributed by atoms with Crippen molar-refractivity contribution in [1.82, 2.24) is 9.55 Å². The smallest absolute Gasteiger partial charge is 0.115 e. The summed E-state index contributed by atoms with van der Waals surface area (Å²) in [6.45, 7) is 0. The van der Waals surface area contributed by atoms with Gasteiger partial charge in [0.25, 0.3) is 0 Å². The predicted molar refractivity (Wildman–Crippen MR) is 104 cm³/mol. The van der Waals surface area contributed by atoms with Gasteiger partial charge >= 0.3 is 0 Å². The summed E-state index contributed by atoms with van der Waals surface area (Å²) in [6.07, 6.45) is 0.731. The maximum Gasteiger partial charge on any atom is 0.115 e. The molecule has 3 aromatic rings. The van der Waals surface area contributed by atoms with E-state index in [1.54, 1.807) is 0 Å². The predicted octanol–water partition coefficient (Wildman–Crippen LogP) is 5.94. The van der Waals surface area contributed by atoms with Crippen LogP contribution in [0.1, 0.15) is 5.82 Å². The summed E-state index contributed by atoms with van der Waals surface area (Å²) >= 11 is 15.4. The van der Waals surface area contributed by atoms with Crippen LogP contribution in [0.5, 0.6) is 0 Å². The number of benzene rings is 2. The highest BCUT2D eigenvalue weighted by Gasteiger charge is 2.14. The highest BCUT2D eigenvalue weighted by molar-refractivity contribution is 14.1. The molecule has 0 aliphatic carbocycles. The first-order chi connectivity index (χ1) is 10.1. The molecule has 6 heteroatoms. The standard InChI is InChI=1S/C15H10Br2ClIN2/c16-9-1-3-13(11(17)7-9)21-14-4-2-10(19)8-12(14)20-15(21)5-6-18/h1-4,7-8H,5-6H2. The van der Waals surface area contributed by atoms with E-state index < -0.39 is 0 Å². The third-order valence-corrected chi connectivity index (χ3v) is 5.14. The molecule has 0 bridgehead atoms. The Balaban J connectivity index is 2.30. The van der Waals surface area contributed by atoms with Crippen molar-refractivity contribution in [2.24, 2.45) is 0 Å². The van der Waals surface area contributed by atoms with Crippen LogP contribution in [0.15, 0.2) is 45.3 Å². The normalized spacial score (nSPS) is 11.2. The van der Waals surface area contributed by atoms with E-state index in [0.717, 1.165) is 37.9 Å². The number of nitrogens with zero attached hydrogens (tertiary/aromatic N) is 2. The summed E-state index contributed by atoms with van der Waals surface area (Å²) in [5.41, 5.74) is 3.16.